The van der Waals surface area contributed by atoms with Gasteiger partial charge in [0, 0.05) is 12.3 Å². The number of esters is 2. The molecule has 0 aliphatic carbocycles. The van der Waals surface area contributed by atoms with Crippen molar-refractivity contribution < 1.29 is 38.4 Å². The lowest BCUT2D eigenvalue weighted by Gasteiger charge is -2.47. The van der Waals surface area contributed by atoms with Crippen molar-refractivity contribution in [1.82, 2.24) is 0 Å². The maximum atomic E-state index is 12.4. The quantitative estimate of drug-likeness (QED) is 0.572. The predicted octanol–water partition coefficient (Wildman–Crippen LogP) is 0.0929. The van der Waals surface area contributed by atoms with Crippen LogP contribution in [0.25, 0.3) is 0 Å². The molecule has 1 N–H and O–H groups in total. The summed E-state index contributed by atoms with van der Waals surface area (Å²) in [5.41, 5.74) is 0. The van der Waals surface area contributed by atoms with Gasteiger partial charge in [-0.2, -0.15) is 0 Å². The van der Waals surface area contributed by atoms with Crippen LogP contribution in [0.2, 0.25) is 0 Å². The van der Waals surface area contributed by atoms with Gasteiger partial charge in [-0.3, -0.25) is 4.79 Å². The molecule has 8 nitrogen and oxygen atoms in total. The monoisotopic (exact) mass is 328 g/mol. The van der Waals surface area contributed by atoms with Crippen molar-refractivity contribution >= 4 is 11.9 Å². The predicted molar refractivity (Wildman–Crippen MR) is 73.6 cm³/mol. The van der Waals surface area contributed by atoms with Crippen LogP contribution in [-0.2, 0) is 33.3 Å². The first-order chi connectivity index (χ1) is 11.0. The Morgan fingerprint density at radius 2 is 2.09 bits per heavy atom. The molecule has 0 aromatic carbocycles. The molecule has 0 spiro atoms. The van der Waals surface area contributed by atoms with Gasteiger partial charge in [-0.25, -0.2) is 4.79 Å². The lowest BCUT2D eigenvalue weighted by Crippen LogP contribution is -2.58. The lowest BCUT2D eigenvalue weighted by molar-refractivity contribution is -0.344. The molecule has 23 heavy (non-hydrogen) atoms. The van der Waals surface area contributed by atoms with Gasteiger partial charge in [0.2, 0.25) is 6.29 Å². The first-order valence-corrected chi connectivity index (χ1v) is 7.72. The Bertz CT molecular complexity index is 530. The molecule has 0 aromatic heterocycles. The molecule has 3 fully saturated rings. The smallest absolute Gasteiger partial charge is 0.334 e. The minimum Gasteiger partial charge on any atom is -0.465 e. The fraction of sp³-hybridized carbons (Fsp3) is 0.733. The van der Waals surface area contributed by atoms with Crippen molar-refractivity contribution in [2.75, 3.05) is 19.8 Å². The average molecular weight is 328 g/mol. The fourth-order valence-corrected chi connectivity index (χ4v) is 3.29. The van der Waals surface area contributed by atoms with Crippen LogP contribution >= 0.6 is 0 Å². The highest BCUT2D eigenvalue weighted by atomic mass is 16.8. The number of carbonyl (C=O) groups excluding carboxylic acids is 2. The van der Waals surface area contributed by atoms with E-state index in [4.69, 9.17) is 23.7 Å². The summed E-state index contributed by atoms with van der Waals surface area (Å²) in [7, 11) is 0. The van der Waals surface area contributed by atoms with Gasteiger partial charge in [-0.1, -0.05) is 0 Å². The minimum absolute atomic E-state index is 0.0319. The fourth-order valence-electron chi connectivity index (χ4n) is 3.29. The zero-order chi connectivity index (χ0) is 16.6. The van der Waals surface area contributed by atoms with Crippen LogP contribution in [0.4, 0.5) is 0 Å². The Morgan fingerprint density at radius 3 is 2.78 bits per heavy atom. The number of rotatable bonds is 4. The van der Waals surface area contributed by atoms with Crippen LogP contribution in [0.15, 0.2) is 11.8 Å². The van der Waals surface area contributed by atoms with E-state index in [1.807, 2.05) is 0 Å². The second-order valence-electron chi connectivity index (χ2n) is 5.68. The van der Waals surface area contributed by atoms with Crippen molar-refractivity contribution in [3.8, 4) is 0 Å². The molecule has 8 heteroatoms. The third-order valence-electron chi connectivity index (χ3n) is 4.20. The van der Waals surface area contributed by atoms with Crippen molar-refractivity contribution in [2.24, 2.45) is 11.8 Å². The maximum Gasteiger partial charge on any atom is 0.334 e. The summed E-state index contributed by atoms with van der Waals surface area (Å²) in [6.45, 7) is 4.01. The van der Waals surface area contributed by atoms with E-state index in [1.165, 1.54) is 0 Å². The van der Waals surface area contributed by atoms with Gasteiger partial charge in [0.05, 0.1) is 32.0 Å². The summed E-state index contributed by atoms with van der Waals surface area (Å²) in [4.78, 5) is 24.1. The third kappa shape index (κ3) is 2.82. The second kappa shape index (κ2) is 6.10. The van der Waals surface area contributed by atoms with E-state index in [1.54, 1.807) is 13.8 Å². The summed E-state index contributed by atoms with van der Waals surface area (Å²) >= 11 is 0. The van der Waals surface area contributed by atoms with Gasteiger partial charge >= 0.3 is 11.9 Å². The third-order valence-corrected chi connectivity index (χ3v) is 4.20. The van der Waals surface area contributed by atoms with Gasteiger partial charge < -0.3 is 28.8 Å². The lowest BCUT2D eigenvalue weighted by atomic mass is 9.77. The van der Waals surface area contributed by atoms with E-state index in [2.05, 4.69) is 0 Å². The topological polar surface area (TPSA) is 101 Å². The molecule has 3 rings (SSSR count). The number of aliphatic hydroxyl groups is 1. The van der Waals surface area contributed by atoms with Crippen LogP contribution in [0, 0.1) is 11.8 Å². The van der Waals surface area contributed by atoms with E-state index in [9.17, 15) is 14.7 Å². The normalized spacial score (nSPS) is 39.7. The van der Waals surface area contributed by atoms with Crippen molar-refractivity contribution in [3.05, 3.63) is 11.8 Å². The molecule has 4 bridgehead atoms. The first-order valence-electron chi connectivity index (χ1n) is 7.72. The molecule has 3 aliphatic rings. The summed E-state index contributed by atoms with van der Waals surface area (Å²) in [6.07, 6.45) is -0.0273. The zero-order valence-corrected chi connectivity index (χ0v) is 13.0. The Kier molecular flexibility index (Phi) is 4.31. The van der Waals surface area contributed by atoms with E-state index in [0.717, 1.165) is 6.08 Å². The van der Waals surface area contributed by atoms with Crippen LogP contribution in [0.3, 0.4) is 0 Å². The van der Waals surface area contributed by atoms with Gasteiger partial charge in [-0.05, 0) is 13.8 Å². The first kappa shape index (κ1) is 16.2. The molecule has 3 heterocycles. The van der Waals surface area contributed by atoms with Crippen LogP contribution in [0.5, 0.6) is 0 Å². The molecular formula is C15H20O8. The Labute approximate surface area is 133 Å². The van der Waals surface area contributed by atoms with Gasteiger partial charge in [0.25, 0.3) is 5.79 Å². The van der Waals surface area contributed by atoms with Crippen LogP contribution in [-0.4, -0.2) is 55.0 Å². The van der Waals surface area contributed by atoms with E-state index >= 15 is 0 Å². The van der Waals surface area contributed by atoms with Gasteiger partial charge in [-0.15, -0.1) is 0 Å². The zero-order valence-electron chi connectivity index (χ0n) is 13.0. The Morgan fingerprint density at radius 1 is 1.35 bits per heavy atom. The number of carbonyl (C=O) groups is 2. The van der Waals surface area contributed by atoms with Crippen LogP contribution in [0.1, 0.15) is 20.3 Å². The average Bonchev–Trinajstić information content (AvgIpc) is 2.93. The highest BCUT2D eigenvalue weighted by Crippen LogP contribution is 2.50. The Hall–Kier alpha value is -1.64. The largest absolute Gasteiger partial charge is 0.465 e. The second-order valence-corrected chi connectivity index (χ2v) is 5.68. The molecule has 5 atom stereocenters. The van der Waals surface area contributed by atoms with Crippen molar-refractivity contribution in [1.29, 1.82) is 0 Å². The van der Waals surface area contributed by atoms with Gasteiger partial charge in [0.15, 0.2) is 0 Å². The summed E-state index contributed by atoms with van der Waals surface area (Å²) < 4.78 is 26.5. The van der Waals surface area contributed by atoms with E-state index in [-0.39, 0.29) is 38.1 Å². The molecule has 0 saturated carbocycles. The van der Waals surface area contributed by atoms with Crippen LogP contribution < -0.4 is 0 Å². The maximum absolute atomic E-state index is 12.4. The number of ether oxygens (including phenoxy) is 5. The number of hydrogen-bond donors (Lipinski definition) is 1. The van der Waals surface area contributed by atoms with Crippen molar-refractivity contribution in [2.45, 2.75) is 38.4 Å². The molecule has 3 saturated heterocycles. The van der Waals surface area contributed by atoms with Gasteiger partial charge in [0.1, 0.15) is 11.7 Å². The molecule has 3 aliphatic heterocycles. The number of hydrogen-bond acceptors (Lipinski definition) is 8. The molecule has 0 aromatic rings. The standard InChI is InChI=1S/C15H20O8/c1-3-19-11(16)5-9-12(13(17)20-4-2)8-6-15(18,23-9)14-21-7-10(8)22-14/h5,8,10,12,14,18H,3-4,6-7H2,1-2H3/b9-5-/t8-,10+,12+,14-,15-/m0/s1. The van der Waals surface area contributed by atoms with E-state index in [0.29, 0.717) is 0 Å². The summed E-state index contributed by atoms with van der Waals surface area (Å²) in [6, 6.07) is 0. The molecule has 0 radical (unpaired) electrons. The highest BCUT2D eigenvalue weighted by Gasteiger charge is 2.62. The molecular weight excluding hydrogens is 308 g/mol. The molecule has 0 unspecified atom stereocenters. The minimum atomic E-state index is -1.72. The summed E-state index contributed by atoms with van der Waals surface area (Å²) in [5, 5.41) is 10.6. The molecule has 128 valence electrons. The van der Waals surface area contributed by atoms with E-state index < -0.39 is 35.9 Å². The van der Waals surface area contributed by atoms with Crippen molar-refractivity contribution in [3.63, 3.8) is 0 Å². The summed E-state index contributed by atoms with van der Waals surface area (Å²) in [5.74, 6) is -4.10. The molecule has 0 amide bonds. The highest BCUT2D eigenvalue weighted by molar-refractivity contribution is 5.85. The number of fused-ring (bicyclic) bond motifs is 6. The SMILES string of the molecule is CCOC(=O)/C=C1\O[C@@]2(O)C[C@@H]([C@H]3CO[C@H]2O3)[C@H]1C(=O)OCC. The Balaban J connectivity index is 1.94.